The van der Waals surface area contributed by atoms with Gasteiger partial charge in [0, 0.05) is 11.8 Å². The van der Waals surface area contributed by atoms with Gasteiger partial charge in [-0.15, -0.1) is 0 Å². The van der Waals surface area contributed by atoms with Crippen LogP contribution in [0, 0.1) is 0 Å². The van der Waals surface area contributed by atoms with Crippen LogP contribution in [0.4, 0.5) is 0 Å². The van der Waals surface area contributed by atoms with Gasteiger partial charge in [-0.3, -0.25) is 0 Å². The molecule has 3 aromatic rings. The molecule has 0 bridgehead atoms. The normalized spacial score (nSPS) is 24.8. The summed E-state index contributed by atoms with van der Waals surface area (Å²) in [5.74, 6) is -0.180. The molecule has 10 heteroatoms. The third-order valence-corrected chi connectivity index (χ3v) is 12.7. The maximum Gasteiger partial charge on any atom is 0.241 e. The number of ether oxygens (including phenoxy) is 4. The maximum atomic E-state index is 6.63. The van der Waals surface area contributed by atoms with Crippen molar-refractivity contribution in [1.82, 2.24) is 19.9 Å². The van der Waals surface area contributed by atoms with Gasteiger partial charge in [0.15, 0.2) is 14.1 Å². The zero-order valence-corrected chi connectivity index (χ0v) is 25.4. The Labute approximate surface area is 232 Å². The van der Waals surface area contributed by atoms with Crippen molar-refractivity contribution in [2.75, 3.05) is 13.7 Å². The molecule has 1 aromatic carbocycles. The van der Waals surface area contributed by atoms with Gasteiger partial charge in [-0.05, 0) is 37.5 Å². The molecule has 2 aromatic heterocycles. The van der Waals surface area contributed by atoms with Crippen molar-refractivity contribution in [2.45, 2.75) is 96.2 Å². The largest absolute Gasteiger partial charge is 0.479 e. The molecule has 2 aliphatic heterocycles. The molecule has 4 heterocycles. The highest BCUT2D eigenvalue weighted by Gasteiger charge is 2.55. The lowest BCUT2D eigenvalue weighted by molar-refractivity contribution is -0.157. The number of rotatable bonds is 9. The molecule has 39 heavy (non-hydrogen) atoms. The molecule has 1 N–H and O–H groups in total. The van der Waals surface area contributed by atoms with Crippen LogP contribution in [0.1, 0.15) is 51.8 Å². The number of aromatic nitrogens is 3. The van der Waals surface area contributed by atoms with E-state index in [0.717, 1.165) is 22.2 Å². The van der Waals surface area contributed by atoms with Crippen LogP contribution in [0.3, 0.4) is 0 Å². The lowest BCUT2D eigenvalue weighted by atomic mass is 10.0. The Balaban J connectivity index is 1.44. The summed E-state index contributed by atoms with van der Waals surface area (Å²) < 4.78 is 33.3. The summed E-state index contributed by atoms with van der Waals surface area (Å²) in [5, 5.41) is 3.91. The topological polar surface area (TPSA) is 88.9 Å². The number of methoxy groups -OCH3 is 1. The smallest absolute Gasteiger partial charge is 0.241 e. The highest BCUT2D eigenvalue weighted by Crippen LogP contribution is 2.45. The van der Waals surface area contributed by atoms with Gasteiger partial charge in [-0.25, -0.2) is 4.98 Å². The van der Waals surface area contributed by atoms with Crippen molar-refractivity contribution in [3.63, 3.8) is 0 Å². The van der Waals surface area contributed by atoms with Crippen LogP contribution in [0.2, 0.25) is 18.1 Å². The van der Waals surface area contributed by atoms with E-state index in [-0.39, 0.29) is 29.3 Å². The molecule has 2 fully saturated rings. The highest BCUT2D eigenvalue weighted by atomic mass is 28.4. The van der Waals surface area contributed by atoms with E-state index in [1.165, 1.54) is 0 Å². The number of nitrogens with one attached hydrogen (secondary N) is 1. The van der Waals surface area contributed by atoms with Gasteiger partial charge >= 0.3 is 0 Å². The molecule has 4 atom stereocenters. The van der Waals surface area contributed by atoms with Crippen LogP contribution in [0.15, 0.2) is 42.9 Å². The fraction of sp³-hybridized carbons (Fsp3) is 0.586. The summed E-state index contributed by atoms with van der Waals surface area (Å²) in [7, 11) is -0.319. The molecule has 212 valence electrons. The second kappa shape index (κ2) is 10.6. The van der Waals surface area contributed by atoms with Crippen molar-refractivity contribution in [2.24, 2.45) is 0 Å². The Kier molecular flexibility index (Phi) is 7.64. The predicted octanol–water partition coefficient (Wildman–Crippen LogP) is 5.17. The van der Waals surface area contributed by atoms with Crippen LogP contribution in [-0.2, 0) is 32.0 Å². The summed E-state index contributed by atoms with van der Waals surface area (Å²) in [6.07, 6.45) is 3.28. The standard InChI is InChI=1S/C29H42N4O5Si/c1-28(2,3)39(7,8)36-16-21-25-26(38-29(4,5)37-25)23(32-21)20-14-33(18-35-15-19-12-10-9-11-13-19)24-22(20)30-17-31-27(24)34-6/h9-14,17,21,23,25-26,32H,15-16,18H2,1-8H3/t21-,23+,25-,26+/m1/s1. The van der Waals surface area contributed by atoms with E-state index in [1.54, 1.807) is 13.4 Å². The molecule has 9 nitrogen and oxygen atoms in total. The molecule has 2 aliphatic rings. The molecule has 0 spiro atoms. The van der Waals surface area contributed by atoms with Crippen molar-refractivity contribution >= 4 is 19.4 Å². The first-order valence-corrected chi connectivity index (χ1v) is 16.6. The van der Waals surface area contributed by atoms with Crippen LogP contribution in [0.5, 0.6) is 5.88 Å². The van der Waals surface area contributed by atoms with E-state index in [0.29, 0.717) is 25.8 Å². The molecular weight excluding hydrogens is 512 g/mol. The Morgan fingerprint density at radius 1 is 1.08 bits per heavy atom. The van der Waals surface area contributed by atoms with Crippen molar-refractivity contribution < 1.29 is 23.4 Å². The SMILES string of the molecule is COc1ncnc2c([C@@H]3N[C@H](CO[Si](C)(C)C(C)(C)C)[C@H]4OC(C)(C)O[C@H]43)cn(COCc3ccccc3)c12. The van der Waals surface area contributed by atoms with Crippen LogP contribution < -0.4 is 10.1 Å². The fourth-order valence-corrected chi connectivity index (χ4v) is 6.20. The van der Waals surface area contributed by atoms with Crippen LogP contribution >= 0.6 is 0 Å². The van der Waals surface area contributed by atoms with Gasteiger partial charge in [-0.2, -0.15) is 4.98 Å². The van der Waals surface area contributed by atoms with Crippen molar-refractivity contribution in [3.8, 4) is 5.88 Å². The summed E-state index contributed by atoms with van der Waals surface area (Å²) in [6, 6.07) is 9.96. The molecule has 2 saturated heterocycles. The Bertz CT molecular complexity index is 1290. The molecule has 0 amide bonds. The van der Waals surface area contributed by atoms with Crippen LogP contribution in [-0.4, -0.2) is 60.6 Å². The Hall–Kier alpha value is -2.34. The zero-order valence-electron chi connectivity index (χ0n) is 24.4. The van der Waals surface area contributed by atoms with Gasteiger partial charge in [0.25, 0.3) is 0 Å². The van der Waals surface area contributed by atoms with E-state index in [2.05, 4.69) is 67.5 Å². The fourth-order valence-electron chi connectivity index (χ4n) is 5.17. The third kappa shape index (κ3) is 5.64. The van der Waals surface area contributed by atoms with Gasteiger partial charge in [0.2, 0.25) is 5.88 Å². The third-order valence-electron chi connectivity index (χ3n) is 8.23. The van der Waals surface area contributed by atoms with E-state index >= 15 is 0 Å². The van der Waals surface area contributed by atoms with Crippen LogP contribution in [0.25, 0.3) is 11.0 Å². The molecule has 0 saturated carbocycles. The number of benzene rings is 1. The predicted molar refractivity (Wildman–Crippen MR) is 152 cm³/mol. The quantitative estimate of drug-likeness (QED) is 0.363. The molecular formula is C29H42N4O5Si. The summed E-state index contributed by atoms with van der Waals surface area (Å²) in [5.41, 5.74) is 3.71. The van der Waals surface area contributed by atoms with E-state index in [4.69, 9.17) is 23.4 Å². The maximum absolute atomic E-state index is 6.63. The number of hydrogen-bond acceptors (Lipinski definition) is 8. The Morgan fingerprint density at radius 2 is 1.79 bits per heavy atom. The second-order valence-electron chi connectivity index (χ2n) is 12.5. The van der Waals surface area contributed by atoms with Gasteiger partial charge in [-0.1, -0.05) is 51.1 Å². The monoisotopic (exact) mass is 554 g/mol. The van der Waals surface area contributed by atoms with E-state index in [9.17, 15) is 0 Å². The molecule has 0 aliphatic carbocycles. The van der Waals surface area contributed by atoms with E-state index in [1.807, 2.05) is 36.6 Å². The Morgan fingerprint density at radius 3 is 2.49 bits per heavy atom. The molecule has 0 unspecified atom stereocenters. The summed E-state index contributed by atoms with van der Waals surface area (Å²) in [6.45, 7) is 16.7. The van der Waals surface area contributed by atoms with Gasteiger partial charge in [0.1, 0.15) is 36.3 Å². The summed E-state index contributed by atoms with van der Waals surface area (Å²) >= 11 is 0. The van der Waals surface area contributed by atoms with Gasteiger partial charge < -0.3 is 33.3 Å². The number of nitrogens with zero attached hydrogens (tertiary/aromatic N) is 3. The lowest BCUT2D eigenvalue weighted by Crippen LogP contribution is -2.47. The first-order chi connectivity index (χ1) is 18.4. The minimum Gasteiger partial charge on any atom is -0.479 e. The zero-order chi connectivity index (χ0) is 28.0. The number of fused-ring (bicyclic) bond motifs is 2. The van der Waals surface area contributed by atoms with Gasteiger partial charge in [0.05, 0.1) is 32.4 Å². The number of hydrogen-bond donors (Lipinski definition) is 1. The average Bonchev–Trinajstić information content (AvgIpc) is 3.51. The van der Waals surface area contributed by atoms with Crippen molar-refractivity contribution in [3.05, 3.63) is 54.0 Å². The van der Waals surface area contributed by atoms with Crippen molar-refractivity contribution in [1.29, 1.82) is 0 Å². The summed E-state index contributed by atoms with van der Waals surface area (Å²) in [4.78, 5) is 9.06. The van der Waals surface area contributed by atoms with E-state index < -0.39 is 14.1 Å². The highest BCUT2D eigenvalue weighted by molar-refractivity contribution is 6.74. The molecule has 0 radical (unpaired) electrons. The first-order valence-electron chi connectivity index (χ1n) is 13.7. The first kappa shape index (κ1) is 28.2. The lowest BCUT2D eigenvalue weighted by Gasteiger charge is -2.37. The molecule has 5 rings (SSSR count). The average molecular weight is 555 g/mol. The minimum absolute atomic E-state index is 0.0210. The second-order valence-corrected chi connectivity index (χ2v) is 17.3. The minimum atomic E-state index is -1.94.